The van der Waals surface area contributed by atoms with Gasteiger partial charge in [0.15, 0.2) is 0 Å². The lowest BCUT2D eigenvalue weighted by Crippen LogP contribution is -2.40. The van der Waals surface area contributed by atoms with Crippen molar-refractivity contribution in [3.05, 3.63) is 28.5 Å². The van der Waals surface area contributed by atoms with Crippen molar-refractivity contribution in [3.63, 3.8) is 0 Å². The number of benzene rings is 1. The molecule has 1 fully saturated rings. The first-order chi connectivity index (χ1) is 9.77. The molecule has 0 amide bonds. The number of halogens is 2. The summed E-state index contributed by atoms with van der Waals surface area (Å²) in [4.78, 5) is -0.386. The number of sulfonamides is 1. The highest BCUT2D eigenvalue weighted by molar-refractivity contribution is 7.89. The second-order valence-corrected chi connectivity index (χ2v) is 8.07. The predicted molar refractivity (Wildman–Crippen MR) is 81.3 cm³/mol. The van der Waals surface area contributed by atoms with Crippen molar-refractivity contribution < 1.29 is 12.8 Å². The molecule has 1 aliphatic rings. The summed E-state index contributed by atoms with van der Waals surface area (Å²) in [6, 6.07) is 2.58. The van der Waals surface area contributed by atoms with Gasteiger partial charge in [0.05, 0.1) is 0 Å². The molecule has 1 saturated carbocycles. The molecular weight excluding hydrogens is 315 g/mol. The number of nitrogens with one attached hydrogen (secondary N) is 2. The Kier molecular flexibility index (Phi) is 4.92. The van der Waals surface area contributed by atoms with Crippen LogP contribution < -0.4 is 10.0 Å². The van der Waals surface area contributed by atoms with Gasteiger partial charge in [-0.2, -0.15) is 0 Å². The SMILES string of the molecule is CNCc1cc(Cl)cc(S(=O)(=O)NCC2(C)CCC2)c1F. The van der Waals surface area contributed by atoms with Crippen LogP contribution >= 0.6 is 11.6 Å². The molecule has 2 rings (SSSR count). The van der Waals surface area contributed by atoms with E-state index in [1.54, 1.807) is 7.05 Å². The Morgan fingerprint density at radius 1 is 1.38 bits per heavy atom. The van der Waals surface area contributed by atoms with Crippen LogP contribution in [-0.2, 0) is 16.6 Å². The Morgan fingerprint density at radius 3 is 2.57 bits per heavy atom. The lowest BCUT2D eigenvalue weighted by molar-refractivity contribution is 0.166. The fourth-order valence-electron chi connectivity index (χ4n) is 2.44. The third-order valence-corrected chi connectivity index (χ3v) is 5.60. The maximum atomic E-state index is 14.3. The van der Waals surface area contributed by atoms with Crippen LogP contribution in [0, 0.1) is 11.2 Å². The van der Waals surface area contributed by atoms with Crippen LogP contribution in [0.1, 0.15) is 31.7 Å². The first-order valence-electron chi connectivity index (χ1n) is 6.90. The van der Waals surface area contributed by atoms with Gasteiger partial charge in [0.2, 0.25) is 10.0 Å². The number of hydrogen-bond acceptors (Lipinski definition) is 3. The Hall–Kier alpha value is -0.690. The lowest BCUT2D eigenvalue weighted by atomic mass is 9.71. The number of rotatable bonds is 6. The Labute approximate surface area is 130 Å². The smallest absolute Gasteiger partial charge is 0.243 e. The van der Waals surface area contributed by atoms with Crippen LogP contribution in [0.2, 0.25) is 5.02 Å². The normalized spacial score (nSPS) is 17.5. The maximum absolute atomic E-state index is 14.3. The number of hydrogen-bond donors (Lipinski definition) is 2. The zero-order valence-electron chi connectivity index (χ0n) is 12.2. The zero-order valence-corrected chi connectivity index (χ0v) is 13.7. The van der Waals surface area contributed by atoms with Crippen molar-refractivity contribution in [2.75, 3.05) is 13.6 Å². The molecule has 1 aromatic carbocycles. The van der Waals surface area contributed by atoms with Crippen LogP contribution in [0.4, 0.5) is 4.39 Å². The molecule has 1 aromatic rings. The summed E-state index contributed by atoms with van der Waals surface area (Å²) in [5, 5.41) is 3.00. The van der Waals surface area contributed by atoms with Gasteiger partial charge in [0, 0.05) is 23.7 Å². The summed E-state index contributed by atoms with van der Waals surface area (Å²) in [6.45, 7) is 2.56. The van der Waals surface area contributed by atoms with Crippen LogP contribution in [-0.4, -0.2) is 22.0 Å². The molecule has 0 atom stereocenters. The van der Waals surface area contributed by atoms with Gasteiger partial charge in [-0.05, 0) is 37.4 Å². The fourth-order valence-corrected chi connectivity index (χ4v) is 4.09. The Morgan fingerprint density at radius 2 is 2.05 bits per heavy atom. The van der Waals surface area contributed by atoms with Crippen molar-refractivity contribution in [3.8, 4) is 0 Å². The molecule has 118 valence electrons. The summed E-state index contributed by atoms with van der Waals surface area (Å²) in [5.41, 5.74) is 0.218. The van der Waals surface area contributed by atoms with E-state index < -0.39 is 15.8 Å². The van der Waals surface area contributed by atoms with E-state index in [0.29, 0.717) is 6.54 Å². The first-order valence-corrected chi connectivity index (χ1v) is 8.76. The van der Waals surface area contributed by atoms with Gasteiger partial charge >= 0.3 is 0 Å². The van der Waals surface area contributed by atoms with E-state index in [1.807, 2.05) is 6.92 Å². The first kappa shape index (κ1) is 16.7. The van der Waals surface area contributed by atoms with Gasteiger partial charge in [0.1, 0.15) is 10.7 Å². The van der Waals surface area contributed by atoms with Gasteiger partial charge in [0.25, 0.3) is 0 Å². The maximum Gasteiger partial charge on any atom is 0.243 e. The summed E-state index contributed by atoms with van der Waals surface area (Å²) < 4.78 is 41.5. The molecule has 0 unspecified atom stereocenters. The Bertz CT molecular complexity index is 630. The predicted octanol–water partition coefficient (Wildman–Crippen LogP) is 2.67. The zero-order chi connectivity index (χ0) is 15.7. The van der Waals surface area contributed by atoms with Crippen molar-refractivity contribution in [2.45, 2.75) is 37.6 Å². The fraction of sp³-hybridized carbons (Fsp3) is 0.571. The average molecular weight is 335 g/mol. The topological polar surface area (TPSA) is 58.2 Å². The average Bonchev–Trinajstić information content (AvgIpc) is 2.38. The largest absolute Gasteiger partial charge is 0.316 e. The van der Waals surface area contributed by atoms with Crippen molar-refractivity contribution >= 4 is 21.6 Å². The molecule has 2 N–H and O–H groups in total. The molecule has 4 nitrogen and oxygen atoms in total. The second kappa shape index (κ2) is 6.20. The molecule has 0 aromatic heterocycles. The molecule has 7 heteroatoms. The van der Waals surface area contributed by atoms with E-state index in [2.05, 4.69) is 10.0 Å². The quantitative estimate of drug-likeness (QED) is 0.841. The highest BCUT2D eigenvalue weighted by Crippen LogP contribution is 2.39. The molecular formula is C14H20ClFN2O2S. The molecule has 0 aliphatic heterocycles. The molecule has 1 aliphatic carbocycles. The molecule has 0 bridgehead atoms. The minimum Gasteiger partial charge on any atom is -0.316 e. The lowest BCUT2D eigenvalue weighted by Gasteiger charge is -2.38. The van der Waals surface area contributed by atoms with E-state index in [0.717, 1.165) is 25.3 Å². The second-order valence-electron chi connectivity index (χ2n) is 5.90. The third kappa shape index (κ3) is 3.74. The molecule has 0 radical (unpaired) electrons. The standard InChI is InChI=1S/C14H20ClFN2O2S/c1-14(4-3-5-14)9-18-21(19,20)12-7-11(15)6-10(8-17-2)13(12)16/h6-7,17-18H,3-5,8-9H2,1-2H3. The van der Waals surface area contributed by atoms with Gasteiger partial charge in [-0.15, -0.1) is 0 Å². The van der Waals surface area contributed by atoms with E-state index >= 15 is 0 Å². The highest BCUT2D eigenvalue weighted by Gasteiger charge is 2.33. The summed E-state index contributed by atoms with van der Waals surface area (Å²) in [7, 11) is -2.24. The van der Waals surface area contributed by atoms with E-state index in [-0.39, 0.29) is 27.4 Å². The third-order valence-electron chi connectivity index (χ3n) is 3.99. The minimum atomic E-state index is -3.90. The Balaban J connectivity index is 2.26. The van der Waals surface area contributed by atoms with Crippen LogP contribution in [0.5, 0.6) is 0 Å². The van der Waals surface area contributed by atoms with Gasteiger partial charge in [-0.25, -0.2) is 17.5 Å². The highest BCUT2D eigenvalue weighted by atomic mass is 35.5. The van der Waals surface area contributed by atoms with E-state index in [1.165, 1.54) is 6.07 Å². The minimum absolute atomic E-state index is 0.0179. The molecule has 0 spiro atoms. The van der Waals surface area contributed by atoms with Gasteiger partial charge < -0.3 is 5.32 Å². The van der Waals surface area contributed by atoms with Gasteiger partial charge in [-0.3, -0.25) is 0 Å². The van der Waals surface area contributed by atoms with Crippen molar-refractivity contribution in [2.24, 2.45) is 5.41 Å². The summed E-state index contributed by atoms with van der Waals surface area (Å²) in [5.74, 6) is -0.750. The summed E-state index contributed by atoms with van der Waals surface area (Å²) in [6.07, 6.45) is 3.08. The van der Waals surface area contributed by atoms with Crippen LogP contribution in [0.25, 0.3) is 0 Å². The van der Waals surface area contributed by atoms with Crippen molar-refractivity contribution in [1.29, 1.82) is 0 Å². The van der Waals surface area contributed by atoms with Crippen LogP contribution in [0.15, 0.2) is 17.0 Å². The van der Waals surface area contributed by atoms with Crippen LogP contribution in [0.3, 0.4) is 0 Å². The van der Waals surface area contributed by atoms with E-state index in [4.69, 9.17) is 11.6 Å². The monoisotopic (exact) mass is 334 g/mol. The molecule has 0 saturated heterocycles. The summed E-state index contributed by atoms with van der Waals surface area (Å²) >= 11 is 5.91. The van der Waals surface area contributed by atoms with E-state index in [9.17, 15) is 12.8 Å². The molecule has 21 heavy (non-hydrogen) atoms. The van der Waals surface area contributed by atoms with Gasteiger partial charge in [-0.1, -0.05) is 24.9 Å². The van der Waals surface area contributed by atoms with Crippen molar-refractivity contribution in [1.82, 2.24) is 10.0 Å². The molecule has 0 heterocycles.